The van der Waals surface area contributed by atoms with Crippen LogP contribution in [0.15, 0.2) is 84.9 Å². The van der Waals surface area contributed by atoms with Gasteiger partial charge in [-0.2, -0.15) is 0 Å². The van der Waals surface area contributed by atoms with Gasteiger partial charge in [-0.3, -0.25) is 14.5 Å². The molecule has 0 bridgehead atoms. The van der Waals surface area contributed by atoms with Gasteiger partial charge in [0.1, 0.15) is 6.61 Å². The number of hydrogen-bond donors (Lipinski definition) is 1. The fourth-order valence-electron chi connectivity index (χ4n) is 5.76. The van der Waals surface area contributed by atoms with Gasteiger partial charge in [-0.1, -0.05) is 73.2 Å². The quantitative estimate of drug-likeness (QED) is 0.435. The second-order valence-corrected chi connectivity index (χ2v) is 9.57. The highest BCUT2D eigenvalue weighted by molar-refractivity contribution is 5.97. The first-order chi connectivity index (χ1) is 18.0. The zero-order valence-corrected chi connectivity index (χ0v) is 20.5. The summed E-state index contributed by atoms with van der Waals surface area (Å²) >= 11 is 0. The van der Waals surface area contributed by atoms with Gasteiger partial charge in [-0.25, -0.2) is 4.79 Å². The number of carboxylic acids is 1. The average Bonchev–Trinajstić information content (AvgIpc) is 3.41. The number of carbonyl (C=O) groups is 3. The summed E-state index contributed by atoms with van der Waals surface area (Å²) in [5.41, 5.74) is 3.25. The number of aliphatic carboxylic acids is 1. The zero-order valence-electron chi connectivity index (χ0n) is 20.5. The Bertz CT molecular complexity index is 1260. The van der Waals surface area contributed by atoms with E-state index in [-0.39, 0.29) is 43.4 Å². The van der Waals surface area contributed by atoms with E-state index in [1.807, 2.05) is 84.9 Å². The predicted octanol–water partition coefficient (Wildman–Crippen LogP) is 5.95. The number of carboxylic acid groups (broad SMARTS) is 1. The molecule has 1 fully saturated rings. The Balaban J connectivity index is 1.52. The number of nitrogens with zero attached hydrogens (tertiary/aromatic N) is 2. The number of amides is 2. The summed E-state index contributed by atoms with van der Waals surface area (Å²) in [7, 11) is 0. The summed E-state index contributed by atoms with van der Waals surface area (Å²) in [4.78, 5) is 41.9. The molecule has 3 unspecified atom stereocenters. The highest BCUT2D eigenvalue weighted by Gasteiger charge is 2.49. The molecule has 1 aliphatic heterocycles. The number of hydrogen-bond acceptors (Lipinski definition) is 4. The molecule has 0 aromatic heterocycles. The number of ether oxygens (including phenoxy) is 1. The summed E-state index contributed by atoms with van der Waals surface area (Å²) in [6.45, 7) is 0.184. The number of fused-ring (bicyclic) bond motifs is 2. The minimum Gasteiger partial charge on any atom is -0.481 e. The highest BCUT2D eigenvalue weighted by atomic mass is 16.6. The van der Waals surface area contributed by atoms with Gasteiger partial charge in [-0.15, -0.1) is 0 Å². The normalized spacial score (nSPS) is 20.0. The molecule has 5 rings (SSSR count). The maximum Gasteiger partial charge on any atom is 0.414 e. The van der Waals surface area contributed by atoms with E-state index >= 15 is 0 Å². The van der Waals surface area contributed by atoms with Crippen LogP contribution in [0.3, 0.4) is 0 Å². The maximum atomic E-state index is 13.6. The summed E-state index contributed by atoms with van der Waals surface area (Å²) in [5.74, 6) is -1.25. The Morgan fingerprint density at radius 2 is 1.54 bits per heavy atom. The average molecular weight is 499 g/mol. The van der Waals surface area contributed by atoms with Crippen molar-refractivity contribution in [1.29, 1.82) is 0 Å². The second kappa shape index (κ2) is 10.9. The van der Waals surface area contributed by atoms with E-state index in [2.05, 4.69) is 0 Å². The van der Waals surface area contributed by atoms with E-state index in [4.69, 9.17) is 4.74 Å². The first-order valence-electron chi connectivity index (χ1n) is 12.7. The molecule has 3 aromatic carbocycles. The molecule has 1 aliphatic carbocycles. The van der Waals surface area contributed by atoms with Gasteiger partial charge in [0, 0.05) is 24.1 Å². The smallest absolute Gasteiger partial charge is 0.414 e. The minimum atomic E-state index is -1.00. The lowest BCUT2D eigenvalue weighted by Gasteiger charge is -2.47. The lowest BCUT2D eigenvalue weighted by atomic mass is 9.81. The Kier molecular flexibility index (Phi) is 7.21. The van der Waals surface area contributed by atoms with Crippen LogP contribution in [-0.4, -0.2) is 29.1 Å². The number of carbonyl (C=O) groups excluding carboxylic acids is 2. The first kappa shape index (κ1) is 24.6. The van der Waals surface area contributed by atoms with Gasteiger partial charge in [0.15, 0.2) is 0 Å². The molecule has 37 heavy (non-hydrogen) atoms. The molecule has 2 amide bonds. The molecule has 3 atom stereocenters. The molecule has 7 nitrogen and oxygen atoms in total. The van der Waals surface area contributed by atoms with Crippen molar-refractivity contribution in [2.75, 3.05) is 9.80 Å². The van der Waals surface area contributed by atoms with E-state index in [9.17, 15) is 19.5 Å². The van der Waals surface area contributed by atoms with Crippen LogP contribution in [0, 0.1) is 5.92 Å². The predicted molar refractivity (Wildman–Crippen MR) is 140 cm³/mol. The fourth-order valence-corrected chi connectivity index (χ4v) is 5.76. The van der Waals surface area contributed by atoms with E-state index in [1.54, 1.807) is 9.80 Å². The van der Waals surface area contributed by atoms with Crippen LogP contribution < -0.4 is 9.80 Å². The van der Waals surface area contributed by atoms with E-state index < -0.39 is 12.1 Å². The van der Waals surface area contributed by atoms with Crippen molar-refractivity contribution < 1.29 is 24.2 Å². The molecule has 3 aromatic rings. The third-order valence-electron chi connectivity index (χ3n) is 7.32. The Morgan fingerprint density at radius 1 is 0.865 bits per heavy atom. The van der Waals surface area contributed by atoms with Crippen LogP contribution in [0.4, 0.5) is 16.2 Å². The molecule has 1 saturated carbocycles. The molecule has 0 radical (unpaired) electrons. The van der Waals surface area contributed by atoms with Crippen molar-refractivity contribution in [3.05, 3.63) is 96.1 Å². The summed E-state index contributed by atoms with van der Waals surface area (Å²) in [6, 6.07) is 26.2. The molecule has 2 aliphatic rings. The topological polar surface area (TPSA) is 87.2 Å². The van der Waals surface area contributed by atoms with Gasteiger partial charge in [-0.05, 0) is 42.2 Å². The third kappa shape index (κ3) is 5.07. The van der Waals surface area contributed by atoms with Gasteiger partial charge >= 0.3 is 12.1 Å². The SMILES string of the molecule is O=C(O)CCC(=O)N(c1ccccc1)C1c2ccccc2N(C(=O)OCc2ccccc2)C2CCCC21. The molecule has 1 N–H and O–H groups in total. The standard InChI is InChI=1S/C30H30N2O5/c33-27(18-19-28(34)35)31(22-12-5-2-6-13-22)29-23-14-7-8-16-25(23)32(26-17-9-15-24(26)29)30(36)37-20-21-10-3-1-4-11-21/h1-8,10-14,16,24,26,29H,9,15,17-20H2,(H,34,35). The monoisotopic (exact) mass is 498 g/mol. The highest BCUT2D eigenvalue weighted by Crippen LogP contribution is 2.51. The molecule has 7 heteroatoms. The van der Waals surface area contributed by atoms with Gasteiger partial charge in [0.25, 0.3) is 0 Å². The van der Waals surface area contributed by atoms with Crippen LogP contribution in [0.25, 0.3) is 0 Å². The van der Waals surface area contributed by atoms with Crippen LogP contribution in [0.5, 0.6) is 0 Å². The van der Waals surface area contributed by atoms with Crippen molar-refractivity contribution in [2.24, 2.45) is 5.92 Å². The fraction of sp³-hybridized carbons (Fsp3) is 0.300. The third-order valence-corrected chi connectivity index (χ3v) is 7.32. The molecule has 1 heterocycles. The van der Waals surface area contributed by atoms with Crippen LogP contribution in [-0.2, 0) is 20.9 Å². The minimum absolute atomic E-state index is 0.00633. The number of para-hydroxylation sites is 2. The lowest BCUT2D eigenvalue weighted by Crippen LogP contribution is -2.52. The summed E-state index contributed by atoms with van der Waals surface area (Å²) < 4.78 is 5.77. The van der Waals surface area contributed by atoms with Gasteiger partial charge in [0.2, 0.25) is 5.91 Å². The second-order valence-electron chi connectivity index (χ2n) is 9.57. The molecular weight excluding hydrogens is 468 g/mol. The Labute approximate surface area is 216 Å². The van der Waals surface area contributed by atoms with Crippen molar-refractivity contribution in [3.8, 4) is 0 Å². The number of benzene rings is 3. The molecule has 0 spiro atoms. The number of anilines is 2. The number of rotatable bonds is 7. The molecule has 0 saturated heterocycles. The van der Waals surface area contributed by atoms with Crippen molar-refractivity contribution in [1.82, 2.24) is 0 Å². The van der Waals surface area contributed by atoms with Crippen molar-refractivity contribution >= 4 is 29.3 Å². The van der Waals surface area contributed by atoms with Crippen molar-refractivity contribution in [3.63, 3.8) is 0 Å². The van der Waals surface area contributed by atoms with Crippen LogP contribution in [0.1, 0.15) is 49.3 Å². The molecular formula is C30H30N2O5. The summed E-state index contributed by atoms with van der Waals surface area (Å²) in [6.07, 6.45) is 1.86. The maximum absolute atomic E-state index is 13.6. The lowest BCUT2D eigenvalue weighted by molar-refractivity contribution is -0.138. The zero-order chi connectivity index (χ0) is 25.8. The first-order valence-corrected chi connectivity index (χ1v) is 12.7. The Hall–Kier alpha value is -4.13. The van der Waals surface area contributed by atoms with Gasteiger partial charge < -0.3 is 14.7 Å². The van der Waals surface area contributed by atoms with E-state index in [0.29, 0.717) is 0 Å². The van der Waals surface area contributed by atoms with E-state index in [1.165, 1.54) is 0 Å². The van der Waals surface area contributed by atoms with Crippen LogP contribution >= 0.6 is 0 Å². The van der Waals surface area contributed by atoms with E-state index in [0.717, 1.165) is 41.8 Å². The van der Waals surface area contributed by atoms with Crippen LogP contribution in [0.2, 0.25) is 0 Å². The Morgan fingerprint density at radius 3 is 2.27 bits per heavy atom. The largest absolute Gasteiger partial charge is 0.481 e. The van der Waals surface area contributed by atoms with Crippen molar-refractivity contribution in [2.45, 2.75) is 50.8 Å². The summed E-state index contributed by atoms with van der Waals surface area (Å²) in [5, 5.41) is 9.23. The van der Waals surface area contributed by atoms with Gasteiger partial charge in [0.05, 0.1) is 18.2 Å². The molecule has 190 valence electrons.